The van der Waals surface area contributed by atoms with Gasteiger partial charge in [-0.1, -0.05) is 0 Å². The van der Waals surface area contributed by atoms with E-state index in [4.69, 9.17) is 58.6 Å². The molecular formula is C32H46N11O20P3S2. The molecule has 0 spiro atoms. The maximum absolute atomic E-state index is 13.7. The molecule has 0 amide bonds. The first-order valence-corrected chi connectivity index (χ1v) is 25.7. The topological polar surface area (TPSA) is 447 Å². The van der Waals surface area contributed by atoms with Crippen molar-refractivity contribution in [3.8, 4) is 0 Å². The lowest BCUT2D eigenvalue weighted by molar-refractivity contribution is -0.0621. The average Bonchev–Trinajstić information content (AvgIpc) is 4.05. The van der Waals surface area contributed by atoms with Crippen LogP contribution in [-0.2, 0) is 55.0 Å². The van der Waals surface area contributed by atoms with E-state index in [1.807, 2.05) is 0 Å². The number of fused-ring (bicyclic) bond motifs is 1. The quantitative estimate of drug-likeness (QED) is 0.0328. The van der Waals surface area contributed by atoms with Crippen molar-refractivity contribution in [2.45, 2.75) is 86.8 Å². The third-order valence-electron chi connectivity index (χ3n) is 10.5. The minimum Gasteiger partial charge on any atom is -0.390 e. The highest BCUT2D eigenvalue weighted by molar-refractivity contribution is 7.80. The van der Waals surface area contributed by atoms with Crippen molar-refractivity contribution in [2.75, 3.05) is 48.5 Å². The van der Waals surface area contributed by atoms with E-state index < -0.39 is 128 Å². The molecule has 14 atom stereocenters. The van der Waals surface area contributed by atoms with Crippen molar-refractivity contribution >= 4 is 77.5 Å². The van der Waals surface area contributed by atoms with Crippen LogP contribution in [0.1, 0.15) is 37.9 Å². The number of rotatable bonds is 21. The van der Waals surface area contributed by atoms with Gasteiger partial charge in [0.05, 0.1) is 38.4 Å². The highest BCUT2D eigenvalue weighted by atomic mass is 32.1. The zero-order valence-corrected chi connectivity index (χ0v) is 39.3. The van der Waals surface area contributed by atoms with Crippen molar-refractivity contribution in [1.29, 1.82) is 0 Å². The highest BCUT2D eigenvalue weighted by Crippen LogP contribution is 2.53. The van der Waals surface area contributed by atoms with Crippen LogP contribution >= 0.6 is 48.7 Å². The third kappa shape index (κ3) is 12.6. The lowest BCUT2D eigenvalue weighted by Crippen LogP contribution is -2.33. The normalized spacial score (nSPS) is 28.8. The molecular weight excluding hydrogens is 1020 g/mol. The molecule has 0 aromatic carbocycles. The van der Waals surface area contributed by atoms with Gasteiger partial charge in [0.1, 0.15) is 66.9 Å². The fraction of sp³-hybridized carbons (Fsp3) is 0.594. The van der Waals surface area contributed by atoms with E-state index in [1.165, 1.54) is 29.1 Å². The van der Waals surface area contributed by atoms with Crippen LogP contribution in [0.2, 0.25) is 0 Å². The maximum atomic E-state index is 13.7. The monoisotopic (exact) mass is 1060 g/mol. The zero-order chi connectivity index (χ0) is 49.3. The number of hydrogen-bond acceptors (Lipinski definition) is 26. The van der Waals surface area contributed by atoms with Crippen LogP contribution in [0.5, 0.6) is 0 Å². The molecule has 5 unspecified atom stereocenters. The van der Waals surface area contributed by atoms with Crippen LogP contribution in [0.15, 0.2) is 45.2 Å². The molecule has 376 valence electrons. The van der Waals surface area contributed by atoms with E-state index in [0.717, 1.165) is 15.5 Å². The molecule has 4 aromatic heterocycles. The second-order valence-corrected chi connectivity index (χ2v) is 20.1. The summed E-state index contributed by atoms with van der Waals surface area (Å²) in [4.78, 5) is 87.7. The SMILES string of the molecule is Nc1ccn([C@H]2C[C@H](OP(=O)(O)OC[C@H]3O[C@@H](n4ccc(N)nc4=O)C[C@@H]3O)[C@@H](COP(=O)(O)O[C@H]3C[C@H](n4cnc5c(=O)[nH]c(N)nc54)O[C@@H]3COP(=O)(O)OC(CS)C(O)CS)O2)c(=O)n1. The van der Waals surface area contributed by atoms with Gasteiger partial charge in [0.15, 0.2) is 11.2 Å². The van der Waals surface area contributed by atoms with Crippen molar-refractivity contribution in [2.24, 2.45) is 0 Å². The van der Waals surface area contributed by atoms with Gasteiger partial charge >= 0.3 is 34.8 Å². The standard InChI is InChI=1S/C32H46N11O20P3S2/c33-22-1-3-41(31(47)37-22)24-5-14(44)18(58-24)8-55-64(49,50)61-16-6-25(42-4-2-23(34)38-32(42)48)59-19(16)9-56-65(51,52)62-17-7-26(43-13-36-27-28(43)39-30(35)40-29(27)46)60-20(17)10-57-66(53,54)63-21(12-68)15(45)11-67/h1-4,13-21,24-26,44-45,67-68H,5-12H2,(H,49,50)(H,51,52)(H,53,54)(H2,33,37,47)(H2,34,38,48)(H3,35,39,40,46)/t14-,15?,16-,17-,18+,19+,20+,21?,24+,25+,26+/m0/s1. The number of nitrogens with two attached hydrogens (primary N) is 3. The van der Waals surface area contributed by atoms with Crippen LogP contribution in [0, 0.1) is 0 Å². The van der Waals surface area contributed by atoms with Gasteiger partial charge in [-0.15, -0.1) is 0 Å². The fourth-order valence-electron chi connectivity index (χ4n) is 7.19. The summed E-state index contributed by atoms with van der Waals surface area (Å²) in [6.45, 7) is -2.53. The van der Waals surface area contributed by atoms with Gasteiger partial charge in [0.25, 0.3) is 5.56 Å². The Bertz CT molecular complexity index is 2770. The van der Waals surface area contributed by atoms with Crippen LogP contribution in [0.25, 0.3) is 11.2 Å². The Hall–Kier alpha value is -3.66. The van der Waals surface area contributed by atoms with Gasteiger partial charge in [-0.25, -0.2) is 28.3 Å². The predicted octanol–water partition coefficient (Wildman–Crippen LogP) is -1.67. The fourth-order valence-corrected chi connectivity index (χ4v) is 10.7. The summed E-state index contributed by atoms with van der Waals surface area (Å²) in [5, 5.41) is 20.7. The van der Waals surface area contributed by atoms with Gasteiger partial charge < -0.3 is 56.3 Å². The minimum atomic E-state index is -5.31. The number of phosphoric ester groups is 3. The Balaban J connectivity index is 1.06. The van der Waals surface area contributed by atoms with E-state index in [9.17, 15) is 53.0 Å². The van der Waals surface area contributed by atoms with Crippen molar-refractivity contribution in [3.63, 3.8) is 0 Å². The molecule has 7 heterocycles. The Morgan fingerprint density at radius 3 is 1.74 bits per heavy atom. The molecule has 31 nitrogen and oxygen atoms in total. The number of H-pyrrole nitrogens is 1. The average molecular weight is 1060 g/mol. The van der Waals surface area contributed by atoms with E-state index >= 15 is 0 Å². The maximum Gasteiger partial charge on any atom is 0.472 e. The summed E-state index contributed by atoms with van der Waals surface area (Å²) in [6.07, 6.45) is -12.0. The van der Waals surface area contributed by atoms with E-state index in [2.05, 4.69) is 50.2 Å². The van der Waals surface area contributed by atoms with Crippen molar-refractivity contribution in [3.05, 3.63) is 62.2 Å². The molecule has 3 fully saturated rings. The number of aliphatic hydroxyl groups excluding tert-OH is 2. The molecule has 36 heteroatoms. The second-order valence-electron chi connectivity index (χ2n) is 15.2. The number of aromatic nitrogens is 8. The van der Waals surface area contributed by atoms with Gasteiger partial charge in [-0.05, 0) is 12.1 Å². The largest absolute Gasteiger partial charge is 0.472 e. The first kappa shape index (κ1) is 52.2. The molecule has 68 heavy (non-hydrogen) atoms. The van der Waals surface area contributed by atoms with Gasteiger partial charge in [-0.2, -0.15) is 40.2 Å². The number of hydrogen-bond donors (Lipinski definition) is 11. The summed E-state index contributed by atoms with van der Waals surface area (Å²) in [7, 11) is -15.5. The lowest BCUT2D eigenvalue weighted by atomic mass is 10.2. The number of nitrogens with one attached hydrogen (secondary N) is 1. The molecule has 12 N–H and O–H groups in total. The summed E-state index contributed by atoms with van der Waals surface area (Å²) in [5.74, 6) is -0.864. The number of anilines is 3. The van der Waals surface area contributed by atoms with Crippen molar-refractivity contribution in [1.82, 2.24) is 38.6 Å². The molecule has 3 saturated heterocycles. The predicted molar refractivity (Wildman–Crippen MR) is 236 cm³/mol. The number of imidazole rings is 1. The van der Waals surface area contributed by atoms with E-state index in [-0.39, 0.29) is 59.5 Å². The van der Waals surface area contributed by atoms with Crippen LogP contribution in [-0.4, -0.2) is 144 Å². The number of aromatic amines is 1. The number of nitrogens with zero attached hydrogens (tertiary/aromatic N) is 7. The molecule has 3 aliphatic rings. The summed E-state index contributed by atoms with van der Waals surface area (Å²) in [6, 6.07) is 2.59. The smallest absolute Gasteiger partial charge is 0.390 e. The van der Waals surface area contributed by atoms with Crippen LogP contribution in [0.4, 0.5) is 17.6 Å². The number of thiol groups is 2. The Morgan fingerprint density at radius 1 is 0.735 bits per heavy atom. The molecule has 0 radical (unpaired) electrons. The van der Waals surface area contributed by atoms with Crippen LogP contribution in [0.3, 0.4) is 0 Å². The van der Waals surface area contributed by atoms with E-state index in [0.29, 0.717) is 0 Å². The number of aliphatic hydroxyl groups is 2. The third-order valence-corrected chi connectivity index (χ3v) is 14.2. The first-order chi connectivity index (χ1) is 32.0. The van der Waals surface area contributed by atoms with Crippen LogP contribution < -0.4 is 34.1 Å². The zero-order valence-electron chi connectivity index (χ0n) is 34.9. The molecule has 0 saturated carbocycles. The Kier molecular flexibility index (Phi) is 16.4. The Morgan fingerprint density at radius 2 is 1.22 bits per heavy atom. The van der Waals surface area contributed by atoms with Gasteiger partial charge in [0.2, 0.25) is 5.95 Å². The summed E-state index contributed by atoms with van der Waals surface area (Å²) in [5.41, 5.74) is 14.3. The molecule has 3 aliphatic heterocycles. The second kappa shape index (κ2) is 21.4. The molecule has 0 bridgehead atoms. The molecule has 7 rings (SSSR count). The van der Waals surface area contributed by atoms with E-state index in [1.54, 1.807) is 0 Å². The van der Waals surface area contributed by atoms with Crippen molar-refractivity contribution < 1.29 is 79.9 Å². The molecule has 4 aromatic rings. The summed E-state index contributed by atoms with van der Waals surface area (Å²) < 4.78 is 92.5. The highest BCUT2D eigenvalue weighted by Gasteiger charge is 2.47. The lowest BCUT2D eigenvalue weighted by Gasteiger charge is -2.25. The first-order valence-electron chi connectivity index (χ1n) is 20.0. The number of ether oxygens (including phenoxy) is 3. The number of phosphoric acid groups is 3. The van der Waals surface area contributed by atoms with Gasteiger partial charge in [0, 0.05) is 43.2 Å². The molecule has 0 aliphatic carbocycles. The minimum absolute atomic E-state index is 0.0520. The summed E-state index contributed by atoms with van der Waals surface area (Å²) >= 11 is 7.96. The van der Waals surface area contributed by atoms with Gasteiger partial charge in [-0.3, -0.25) is 50.6 Å². The number of nitrogen functional groups attached to an aromatic ring is 3. The Labute approximate surface area is 392 Å².